The summed E-state index contributed by atoms with van der Waals surface area (Å²) in [6, 6.07) is 0.326. The average molecular weight is 268 g/mol. The van der Waals surface area contributed by atoms with Crippen LogP contribution in [0.2, 0.25) is 0 Å². The highest BCUT2D eigenvalue weighted by atomic mass is 32.1. The first-order valence-electron chi connectivity index (χ1n) is 6.50. The molecule has 5 heteroatoms. The second-order valence-electron chi connectivity index (χ2n) is 4.97. The maximum absolute atomic E-state index is 11.0. The van der Waals surface area contributed by atoms with Crippen LogP contribution in [-0.2, 0) is 17.8 Å². The van der Waals surface area contributed by atoms with Crippen LogP contribution in [0.25, 0.3) is 0 Å². The molecule has 0 saturated carbocycles. The molecule has 0 bridgehead atoms. The Morgan fingerprint density at radius 1 is 1.67 bits per heavy atom. The molecule has 0 spiro atoms. The SMILES string of the molecule is CCc1nc(CN2CCC(C(=O)O)CC2C)cs1. The Balaban J connectivity index is 1.92. The summed E-state index contributed by atoms with van der Waals surface area (Å²) in [7, 11) is 0. The molecule has 2 rings (SSSR count). The predicted octanol–water partition coefficient (Wildman–Crippen LogP) is 2.39. The second-order valence-corrected chi connectivity index (χ2v) is 5.91. The van der Waals surface area contributed by atoms with Crippen molar-refractivity contribution in [2.24, 2.45) is 5.92 Å². The maximum atomic E-state index is 11.0. The minimum absolute atomic E-state index is 0.169. The number of piperidine rings is 1. The summed E-state index contributed by atoms with van der Waals surface area (Å²) >= 11 is 1.71. The van der Waals surface area contributed by atoms with Gasteiger partial charge in [0.1, 0.15) is 0 Å². The van der Waals surface area contributed by atoms with Gasteiger partial charge in [0.15, 0.2) is 0 Å². The van der Waals surface area contributed by atoms with E-state index in [4.69, 9.17) is 5.11 Å². The van der Waals surface area contributed by atoms with Gasteiger partial charge in [0.05, 0.1) is 16.6 Å². The van der Waals surface area contributed by atoms with Crippen LogP contribution in [0.4, 0.5) is 0 Å². The lowest BCUT2D eigenvalue weighted by atomic mass is 9.92. The lowest BCUT2D eigenvalue weighted by Crippen LogP contribution is -2.42. The molecular formula is C13H20N2O2S. The maximum Gasteiger partial charge on any atom is 0.306 e. The summed E-state index contributed by atoms with van der Waals surface area (Å²) in [6.45, 7) is 5.94. The summed E-state index contributed by atoms with van der Waals surface area (Å²) in [4.78, 5) is 17.9. The van der Waals surface area contributed by atoms with Gasteiger partial charge in [0.25, 0.3) is 0 Å². The lowest BCUT2D eigenvalue weighted by molar-refractivity contribution is -0.144. The van der Waals surface area contributed by atoms with E-state index < -0.39 is 5.97 Å². The molecule has 1 fully saturated rings. The Hall–Kier alpha value is -0.940. The fraction of sp³-hybridized carbons (Fsp3) is 0.692. The third kappa shape index (κ3) is 3.09. The first-order chi connectivity index (χ1) is 8.60. The Bertz CT molecular complexity index is 419. The van der Waals surface area contributed by atoms with Gasteiger partial charge in [-0.3, -0.25) is 9.69 Å². The minimum Gasteiger partial charge on any atom is -0.481 e. The number of carboxylic acids is 1. The van der Waals surface area contributed by atoms with Crippen LogP contribution in [0.15, 0.2) is 5.38 Å². The standard InChI is InChI=1S/C13H20N2O2S/c1-3-12-14-11(8-18-12)7-15-5-4-10(13(16)17)6-9(15)2/h8-10H,3-7H2,1-2H3,(H,16,17). The number of aryl methyl sites for hydroxylation is 1. The van der Waals surface area contributed by atoms with Crippen molar-refractivity contribution in [3.05, 3.63) is 16.1 Å². The number of rotatable bonds is 4. The number of likely N-dealkylation sites (tertiary alicyclic amines) is 1. The van der Waals surface area contributed by atoms with Crippen LogP contribution >= 0.6 is 11.3 Å². The lowest BCUT2D eigenvalue weighted by Gasteiger charge is -2.35. The monoisotopic (exact) mass is 268 g/mol. The quantitative estimate of drug-likeness (QED) is 0.911. The van der Waals surface area contributed by atoms with Gasteiger partial charge in [0, 0.05) is 18.0 Å². The highest BCUT2D eigenvalue weighted by Gasteiger charge is 2.29. The van der Waals surface area contributed by atoms with Gasteiger partial charge in [-0.1, -0.05) is 6.92 Å². The Morgan fingerprint density at radius 3 is 3.00 bits per heavy atom. The smallest absolute Gasteiger partial charge is 0.306 e. The van der Waals surface area contributed by atoms with Gasteiger partial charge in [0.2, 0.25) is 0 Å². The molecule has 2 heterocycles. The van der Waals surface area contributed by atoms with Crippen molar-refractivity contribution in [2.75, 3.05) is 6.54 Å². The number of nitrogens with zero attached hydrogens (tertiary/aromatic N) is 2. The van der Waals surface area contributed by atoms with Crippen molar-refractivity contribution in [1.29, 1.82) is 0 Å². The van der Waals surface area contributed by atoms with Crippen LogP contribution in [0, 0.1) is 5.92 Å². The fourth-order valence-corrected chi connectivity index (χ4v) is 3.21. The molecule has 1 saturated heterocycles. The van der Waals surface area contributed by atoms with Crippen molar-refractivity contribution in [2.45, 2.75) is 45.7 Å². The van der Waals surface area contributed by atoms with Gasteiger partial charge in [-0.15, -0.1) is 11.3 Å². The Kier molecular flexibility index (Phi) is 4.35. The van der Waals surface area contributed by atoms with Gasteiger partial charge >= 0.3 is 5.97 Å². The number of carboxylic acid groups (broad SMARTS) is 1. The molecule has 0 aromatic carbocycles. The van der Waals surface area contributed by atoms with E-state index in [0.717, 1.165) is 38.0 Å². The van der Waals surface area contributed by atoms with E-state index in [9.17, 15) is 4.79 Å². The number of aromatic nitrogens is 1. The van der Waals surface area contributed by atoms with Crippen molar-refractivity contribution in [1.82, 2.24) is 9.88 Å². The molecule has 2 atom stereocenters. The minimum atomic E-state index is -0.650. The summed E-state index contributed by atoms with van der Waals surface area (Å²) in [6.07, 6.45) is 2.49. The van der Waals surface area contributed by atoms with E-state index >= 15 is 0 Å². The van der Waals surface area contributed by atoms with Crippen LogP contribution in [0.5, 0.6) is 0 Å². The molecule has 4 nitrogen and oxygen atoms in total. The molecular weight excluding hydrogens is 248 g/mol. The van der Waals surface area contributed by atoms with E-state index in [0.29, 0.717) is 6.04 Å². The van der Waals surface area contributed by atoms with Crippen LogP contribution < -0.4 is 0 Å². The predicted molar refractivity (Wildman–Crippen MR) is 71.7 cm³/mol. The molecule has 100 valence electrons. The number of thiazole rings is 1. The van der Waals surface area contributed by atoms with E-state index in [1.807, 2.05) is 0 Å². The highest BCUT2D eigenvalue weighted by Crippen LogP contribution is 2.25. The zero-order chi connectivity index (χ0) is 13.1. The summed E-state index contributed by atoms with van der Waals surface area (Å²) in [5.41, 5.74) is 1.12. The molecule has 1 aliphatic rings. The van der Waals surface area contributed by atoms with E-state index in [-0.39, 0.29) is 5.92 Å². The van der Waals surface area contributed by atoms with E-state index in [1.54, 1.807) is 11.3 Å². The highest BCUT2D eigenvalue weighted by molar-refractivity contribution is 7.09. The van der Waals surface area contributed by atoms with Crippen LogP contribution in [0.1, 0.15) is 37.4 Å². The summed E-state index contributed by atoms with van der Waals surface area (Å²) in [5.74, 6) is -0.818. The number of aliphatic carboxylic acids is 1. The first-order valence-corrected chi connectivity index (χ1v) is 7.38. The fourth-order valence-electron chi connectivity index (χ4n) is 2.47. The molecule has 0 aliphatic carbocycles. The third-order valence-electron chi connectivity index (χ3n) is 3.63. The molecule has 0 radical (unpaired) electrons. The number of carbonyl (C=O) groups is 1. The molecule has 1 aromatic heterocycles. The van der Waals surface area contributed by atoms with Crippen molar-refractivity contribution < 1.29 is 9.90 Å². The molecule has 2 unspecified atom stereocenters. The van der Waals surface area contributed by atoms with Gasteiger partial charge in [-0.05, 0) is 32.7 Å². The van der Waals surface area contributed by atoms with Gasteiger partial charge in [-0.25, -0.2) is 4.98 Å². The van der Waals surface area contributed by atoms with Gasteiger partial charge in [-0.2, -0.15) is 0 Å². The van der Waals surface area contributed by atoms with Crippen molar-refractivity contribution in [3.63, 3.8) is 0 Å². The molecule has 1 aliphatic heterocycles. The molecule has 0 amide bonds. The van der Waals surface area contributed by atoms with E-state index in [2.05, 4.69) is 29.1 Å². The Morgan fingerprint density at radius 2 is 2.44 bits per heavy atom. The normalized spacial score (nSPS) is 25.2. The zero-order valence-corrected chi connectivity index (χ0v) is 11.7. The number of hydrogen-bond donors (Lipinski definition) is 1. The number of hydrogen-bond acceptors (Lipinski definition) is 4. The summed E-state index contributed by atoms with van der Waals surface area (Å²) in [5, 5.41) is 12.3. The molecule has 1 N–H and O–H groups in total. The topological polar surface area (TPSA) is 53.4 Å². The Labute approximate surface area is 112 Å². The van der Waals surface area contributed by atoms with E-state index in [1.165, 1.54) is 5.01 Å². The zero-order valence-electron chi connectivity index (χ0n) is 10.9. The average Bonchev–Trinajstić information content (AvgIpc) is 2.79. The van der Waals surface area contributed by atoms with Crippen LogP contribution in [0.3, 0.4) is 0 Å². The van der Waals surface area contributed by atoms with Crippen LogP contribution in [-0.4, -0.2) is 33.5 Å². The largest absolute Gasteiger partial charge is 0.481 e. The third-order valence-corrected chi connectivity index (χ3v) is 4.67. The van der Waals surface area contributed by atoms with Crippen molar-refractivity contribution >= 4 is 17.3 Å². The molecule has 1 aromatic rings. The second kappa shape index (κ2) is 5.80. The van der Waals surface area contributed by atoms with Gasteiger partial charge < -0.3 is 5.11 Å². The van der Waals surface area contributed by atoms with Crippen molar-refractivity contribution in [3.8, 4) is 0 Å². The molecule has 18 heavy (non-hydrogen) atoms. The summed E-state index contributed by atoms with van der Waals surface area (Å²) < 4.78 is 0. The first kappa shape index (κ1) is 13.5.